The molecule has 0 atom stereocenters. The molecule has 0 saturated carbocycles. The fourth-order valence-corrected chi connectivity index (χ4v) is 2.84. The molecule has 1 rings (SSSR count). The van der Waals surface area contributed by atoms with Crippen molar-refractivity contribution in [2.24, 2.45) is 5.92 Å². The van der Waals surface area contributed by atoms with Crippen molar-refractivity contribution in [3.63, 3.8) is 0 Å². The van der Waals surface area contributed by atoms with Gasteiger partial charge >= 0.3 is 0 Å². The van der Waals surface area contributed by atoms with Gasteiger partial charge in [-0.05, 0) is 24.5 Å². The van der Waals surface area contributed by atoms with Crippen LogP contribution in [0.3, 0.4) is 0 Å². The molecule has 0 heterocycles. The molecule has 0 unspecified atom stereocenters. The molecule has 0 aliphatic rings. The van der Waals surface area contributed by atoms with Gasteiger partial charge in [0.15, 0.2) is 0 Å². The Labute approximate surface area is 109 Å². The number of nitrogens with zero attached hydrogens (tertiary/aromatic N) is 2. The third kappa shape index (κ3) is 3.31. The molecule has 0 aromatic heterocycles. The molecule has 0 radical (unpaired) electrons. The van der Waals surface area contributed by atoms with Gasteiger partial charge in [0.25, 0.3) is 0 Å². The minimum absolute atomic E-state index is 0.0822. The molecule has 0 saturated heterocycles. The smallest absolute Gasteiger partial charge is 0.207 e. The van der Waals surface area contributed by atoms with Crippen LogP contribution < -0.4 is 0 Å². The first-order valence-corrected chi connectivity index (χ1v) is 7.29. The maximum Gasteiger partial charge on any atom is 0.244 e. The molecule has 0 amide bonds. The average Bonchev–Trinajstić information content (AvgIpc) is 2.35. The number of benzene rings is 1. The van der Waals surface area contributed by atoms with Crippen molar-refractivity contribution in [3.8, 4) is 6.07 Å². The molecule has 0 spiro atoms. The Bertz CT molecular complexity index is 544. The highest BCUT2D eigenvalue weighted by molar-refractivity contribution is 7.89. The number of nitriles is 1. The Morgan fingerprint density at radius 1 is 1.33 bits per heavy atom. The first-order chi connectivity index (χ1) is 8.39. The van der Waals surface area contributed by atoms with Gasteiger partial charge in [-0.15, -0.1) is 0 Å². The zero-order chi connectivity index (χ0) is 13.8. The summed E-state index contributed by atoms with van der Waals surface area (Å²) in [5.41, 5.74) is 0.189. The predicted octanol–water partition coefficient (Wildman–Crippen LogP) is 2.22. The Balaban J connectivity index is 3.03. The first-order valence-electron chi connectivity index (χ1n) is 5.85. The number of sulfonamides is 1. The van der Waals surface area contributed by atoms with Crippen LogP contribution in [-0.4, -0.2) is 26.3 Å². The highest BCUT2D eigenvalue weighted by atomic mass is 32.2. The zero-order valence-corrected chi connectivity index (χ0v) is 11.7. The summed E-state index contributed by atoms with van der Waals surface area (Å²) in [5, 5.41) is 8.95. The molecule has 1 aromatic rings. The molecular formula is C13H18N2O2S. The lowest BCUT2D eigenvalue weighted by atomic mass is 10.1. The SMILES string of the molecule is CC(C)CCN(C)S(=O)(=O)c1ccccc1C#N. The van der Waals surface area contributed by atoms with Crippen LogP contribution >= 0.6 is 0 Å². The second-order valence-electron chi connectivity index (χ2n) is 4.62. The minimum atomic E-state index is -3.57. The van der Waals surface area contributed by atoms with Gasteiger partial charge in [-0.2, -0.15) is 5.26 Å². The number of rotatable bonds is 5. The van der Waals surface area contributed by atoms with Crippen molar-refractivity contribution in [1.29, 1.82) is 5.26 Å². The maximum absolute atomic E-state index is 12.3. The van der Waals surface area contributed by atoms with E-state index in [4.69, 9.17) is 5.26 Å². The summed E-state index contributed by atoms with van der Waals surface area (Å²) in [5.74, 6) is 0.439. The van der Waals surface area contributed by atoms with E-state index in [1.165, 1.54) is 16.4 Å². The fraction of sp³-hybridized carbons (Fsp3) is 0.462. The van der Waals surface area contributed by atoms with Gasteiger partial charge in [-0.25, -0.2) is 12.7 Å². The maximum atomic E-state index is 12.3. The fourth-order valence-electron chi connectivity index (χ4n) is 1.51. The molecule has 0 aliphatic carbocycles. The normalized spacial score (nSPS) is 11.8. The van der Waals surface area contributed by atoms with E-state index in [9.17, 15) is 8.42 Å². The second kappa shape index (κ2) is 5.98. The molecule has 0 aliphatic heterocycles. The standard InChI is InChI=1S/C13H18N2O2S/c1-11(2)8-9-15(3)18(16,17)13-7-5-4-6-12(13)10-14/h4-7,11H,8-9H2,1-3H3. The van der Waals surface area contributed by atoms with E-state index in [2.05, 4.69) is 0 Å². The van der Waals surface area contributed by atoms with Gasteiger partial charge in [0.2, 0.25) is 10.0 Å². The molecule has 18 heavy (non-hydrogen) atoms. The van der Waals surface area contributed by atoms with Crippen LogP contribution in [0.4, 0.5) is 0 Å². The first kappa shape index (κ1) is 14.7. The Morgan fingerprint density at radius 3 is 2.50 bits per heavy atom. The predicted molar refractivity (Wildman–Crippen MR) is 70.4 cm³/mol. The van der Waals surface area contributed by atoms with E-state index in [1.807, 2.05) is 19.9 Å². The molecule has 0 N–H and O–H groups in total. The summed E-state index contributed by atoms with van der Waals surface area (Å²) in [6.07, 6.45) is 0.796. The van der Waals surface area contributed by atoms with Gasteiger partial charge in [0, 0.05) is 13.6 Å². The zero-order valence-electron chi connectivity index (χ0n) is 10.9. The van der Waals surface area contributed by atoms with Crippen LogP contribution in [0.25, 0.3) is 0 Å². The van der Waals surface area contributed by atoms with Crippen molar-refractivity contribution in [1.82, 2.24) is 4.31 Å². The van der Waals surface area contributed by atoms with E-state index in [1.54, 1.807) is 19.2 Å². The van der Waals surface area contributed by atoms with Crippen molar-refractivity contribution in [3.05, 3.63) is 29.8 Å². The van der Waals surface area contributed by atoms with E-state index < -0.39 is 10.0 Å². The number of hydrogen-bond acceptors (Lipinski definition) is 3. The molecule has 5 heteroatoms. The van der Waals surface area contributed by atoms with Crippen LogP contribution in [0, 0.1) is 17.2 Å². The van der Waals surface area contributed by atoms with Crippen LogP contribution in [0.5, 0.6) is 0 Å². The Morgan fingerprint density at radius 2 is 1.94 bits per heavy atom. The van der Waals surface area contributed by atoms with Crippen LogP contribution in [0.15, 0.2) is 29.2 Å². The van der Waals surface area contributed by atoms with Crippen LogP contribution in [0.2, 0.25) is 0 Å². The summed E-state index contributed by atoms with van der Waals surface area (Å²) < 4.78 is 25.9. The highest BCUT2D eigenvalue weighted by Crippen LogP contribution is 2.19. The van der Waals surface area contributed by atoms with Crippen molar-refractivity contribution in [2.45, 2.75) is 25.2 Å². The van der Waals surface area contributed by atoms with Gasteiger partial charge in [0.1, 0.15) is 6.07 Å². The Kier molecular flexibility index (Phi) is 4.88. The lowest BCUT2D eigenvalue weighted by molar-refractivity contribution is 0.428. The summed E-state index contributed by atoms with van der Waals surface area (Å²) in [7, 11) is -2.02. The topological polar surface area (TPSA) is 61.2 Å². The summed E-state index contributed by atoms with van der Waals surface area (Å²) in [6, 6.07) is 8.19. The average molecular weight is 266 g/mol. The van der Waals surface area contributed by atoms with Gasteiger partial charge in [-0.1, -0.05) is 26.0 Å². The monoisotopic (exact) mass is 266 g/mol. The van der Waals surface area contributed by atoms with Crippen LogP contribution in [-0.2, 0) is 10.0 Å². The summed E-state index contributed by atoms with van der Waals surface area (Å²) in [6.45, 7) is 4.55. The van der Waals surface area contributed by atoms with E-state index in [0.717, 1.165) is 6.42 Å². The van der Waals surface area contributed by atoms with E-state index in [-0.39, 0.29) is 10.5 Å². The quantitative estimate of drug-likeness (QED) is 0.821. The van der Waals surface area contributed by atoms with E-state index in [0.29, 0.717) is 12.5 Å². The lowest BCUT2D eigenvalue weighted by Crippen LogP contribution is -2.29. The number of hydrogen-bond donors (Lipinski definition) is 0. The second-order valence-corrected chi connectivity index (χ2v) is 6.63. The van der Waals surface area contributed by atoms with Crippen LogP contribution in [0.1, 0.15) is 25.8 Å². The highest BCUT2D eigenvalue weighted by Gasteiger charge is 2.23. The van der Waals surface area contributed by atoms with Crippen molar-refractivity contribution >= 4 is 10.0 Å². The molecule has 4 nitrogen and oxygen atoms in total. The Hall–Kier alpha value is -1.38. The molecule has 0 bridgehead atoms. The third-order valence-electron chi connectivity index (χ3n) is 2.72. The van der Waals surface area contributed by atoms with Gasteiger partial charge in [-0.3, -0.25) is 0 Å². The molecular weight excluding hydrogens is 248 g/mol. The summed E-state index contributed by atoms with van der Waals surface area (Å²) >= 11 is 0. The molecule has 1 aromatic carbocycles. The summed E-state index contributed by atoms with van der Waals surface area (Å²) in [4.78, 5) is 0.0822. The van der Waals surface area contributed by atoms with Gasteiger partial charge in [0.05, 0.1) is 10.5 Å². The largest absolute Gasteiger partial charge is 0.244 e. The molecule has 0 fully saturated rings. The van der Waals surface area contributed by atoms with Gasteiger partial charge < -0.3 is 0 Å². The molecule has 98 valence electrons. The van der Waals surface area contributed by atoms with Crippen molar-refractivity contribution in [2.75, 3.05) is 13.6 Å². The lowest BCUT2D eigenvalue weighted by Gasteiger charge is -2.18. The van der Waals surface area contributed by atoms with E-state index >= 15 is 0 Å². The van der Waals surface area contributed by atoms with Crippen molar-refractivity contribution < 1.29 is 8.42 Å². The third-order valence-corrected chi connectivity index (χ3v) is 4.63. The minimum Gasteiger partial charge on any atom is -0.207 e.